The number of para-hydroxylation sites is 1. The monoisotopic (exact) mass is 326 g/mol. The lowest BCUT2D eigenvalue weighted by molar-refractivity contribution is -0.117. The Morgan fingerprint density at radius 2 is 2.08 bits per heavy atom. The summed E-state index contributed by atoms with van der Waals surface area (Å²) in [6.45, 7) is 5.38. The van der Waals surface area contributed by atoms with Crippen molar-refractivity contribution in [1.29, 1.82) is 5.26 Å². The van der Waals surface area contributed by atoms with Gasteiger partial charge in [0.1, 0.15) is 11.6 Å². The first-order valence-corrected chi connectivity index (χ1v) is 8.32. The number of carbonyl (C=O) groups is 1. The van der Waals surface area contributed by atoms with Crippen LogP contribution in [-0.2, 0) is 16.0 Å². The van der Waals surface area contributed by atoms with Crippen LogP contribution in [0.3, 0.4) is 0 Å². The first-order chi connectivity index (χ1) is 11.8. The van der Waals surface area contributed by atoms with Gasteiger partial charge in [0.15, 0.2) is 0 Å². The van der Waals surface area contributed by atoms with E-state index in [1.807, 2.05) is 29.2 Å². The third kappa shape index (κ3) is 3.94. The lowest BCUT2D eigenvalue weighted by Gasteiger charge is -2.26. The molecule has 1 saturated heterocycles. The Bertz CT molecular complexity index is 659. The maximum Gasteiger partial charge on any atom is 0.263 e. The molecule has 2 aliphatic rings. The number of nitriles is 1. The highest BCUT2D eigenvalue weighted by atomic mass is 16.5. The number of hydrogen-bond acceptors (Lipinski definition) is 5. The summed E-state index contributed by atoms with van der Waals surface area (Å²) in [5.74, 6) is -0.310. The van der Waals surface area contributed by atoms with E-state index in [1.54, 1.807) is 6.20 Å². The summed E-state index contributed by atoms with van der Waals surface area (Å²) in [6, 6.07) is 10.1. The number of ether oxygens (including phenoxy) is 1. The van der Waals surface area contributed by atoms with Crippen LogP contribution < -0.4 is 10.2 Å². The lowest BCUT2D eigenvalue weighted by atomic mass is 10.2. The number of nitrogens with one attached hydrogen (secondary N) is 1. The van der Waals surface area contributed by atoms with Crippen molar-refractivity contribution < 1.29 is 9.53 Å². The highest BCUT2D eigenvalue weighted by Gasteiger charge is 2.19. The molecule has 0 bridgehead atoms. The van der Waals surface area contributed by atoms with Crippen molar-refractivity contribution >= 4 is 11.6 Å². The lowest BCUT2D eigenvalue weighted by Crippen LogP contribution is -2.41. The van der Waals surface area contributed by atoms with E-state index in [-0.39, 0.29) is 11.5 Å². The predicted molar refractivity (Wildman–Crippen MR) is 91.5 cm³/mol. The molecule has 0 saturated carbocycles. The summed E-state index contributed by atoms with van der Waals surface area (Å²) >= 11 is 0. The van der Waals surface area contributed by atoms with Crippen LogP contribution in [0.4, 0.5) is 5.69 Å². The van der Waals surface area contributed by atoms with E-state index in [1.165, 1.54) is 5.56 Å². The number of carbonyl (C=O) groups excluding carboxylic acids is 1. The summed E-state index contributed by atoms with van der Waals surface area (Å²) in [6.07, 6.45) is 2.60. The average Bonchev–Trinajstić information content (AvgIpc) is 3.03. The first-order valence-electron chi connectivity index (χ1n) is 8.32. The standard InChI is InChI=1S/C18H22N4O2/c19-13-16(14-22-7-5-15-3-1-2-4-17(15)22)18(23)20-6-8-21-9-11-24-12-10-21/h1-4,14H,5-12H2,(H,20,23)/b16-14-. The summed E-state index contributed by atoms with van der Waals surface area (Å²) < 4.78 is 5.30. The quantitative estimate of drug-likeness (QED) is 0.643. The number of benzene rings is 1. The van der Waals surface area contributed by atoms with Gasteiger partial charge in [0, 0.05) is 44.6 Å². The predicted octanol–water partition coefficient (Wildman–Crippen LogP) is 0.905. The Kier molecular flexibility index (Phi) is 5.47. The van der Waals surface area contributed by atoms with Crippen LogP contribution in [0.2, 0.25) is 0 Å². The number of rotatable bonds is 5. The topological polar surface area (TPSA) is 68.6 Å². The molecule has 1 amide bonds. The minimum Gasteiger partial charge on any atom is -0.379 e. The third-order valence-corrected chi connectivity index (χ3v) is 4.39. The van der Waals surface area contributed by atoms with Crippen molar-refractivity contribution in [3.05, 3.63) is 41.6 Å². The van der Waals surface area contributed by atoms with Crippen molar-refractivity contribution in [2.75, 3.05) is 50.8 Å². The number of anilines is 1. The second-order valence-electron chi connectivity index (χ2n) is 5.94. The molecule has 1 aromatic carbocycles. The molecular weight excluding hydrogens is 304 g/mol. The fraction of sp³-hybridized carbons (Fsp3) is 0.444. The fourth-order valence-corrected chi connectivity index (χ4v) is 3.04. The maximum absolute atomic E-state index is 12.2. The second kappa shape index (κ2) is 7.95. The van der Waals surface area contributed by atoms with Crippen LogP contribution in [0.1, 0.15) is 5.56 Å². The zero-order valence-electron chi connectivity index (χ0n) is 13.7. The van der Waals surface area contributed by atoms with E-state index in [9.17, 15) is 10.1 Å². The number of hydrogen-bond donors (Lipinski definition) is 1. The Balaban J connectivity index is 1.55. The van der Waals surface area contributed by atoms with Gasteiger partial charge in [-0.05, 0) is 18.1 Å². The third-order valence-electron chi connectivity index (χ3n) is 4.39. The van der Waals surface area contributed by atoms with E-state index in [0.717, 1.165) is 51.5 Å². The number of nitrogens with zero attached hydrogens (tertiary/aromatic N) is 3. The van der Waals surface area contributed by atoms with Crippen molar-refractivity contribution in [3.63, 3.8) is 0 Å². The molecule has 0 aliphatic carbocycles. The molecule has 24 heavy (non-hydrogen) atoms. The van der Waals surface area contributed by atoms with Crippen LogP contribution in [0.25, 0.3) is 0 Å². The van der Waals surface area contributed by atoms with E-state index in [0.29, 0.717) is 6.54 Å². The van der Waals surface area contributed by atoms with Crippen molar-refractivity contribution in [2.24, 2.45) is 0 Å². The summed E-state index contributed by atoms with van der Waals surface area (Å²) in [5.41, 5.74) is 2.47. The molecule has 0 aromatic heterocycles. The molecule has 2 heterocycles. The Labute approximate surface area is 142 Å². The average molecular weight is 326 g/mol. The summed E-state index contributed by atoms with van der Waals surface area (Å²) in [7, 11) is 0. The molecule has 0 spiro atoms. The van der Waals surface area contributed by atoms with E-state index >= 15 is 0 Å². The zero-order chi connectivity index (χ0) is 16.8. The number of morpholine rings is 1. The molecule has 6 nitrogen and oxygen atoms in total. The molecule has 1 N–H and O–H groups in total. The van der Waals surface area contributed by atoms with Crippen LogP contribution in [0, 0.1) is 11.3 Å². The molecule has 1 aromatic rings. The minimum atomic E-state index is -0.310. The van der Waals surface area contributed by atoms with Crippen LogP contribution >= 0.6 is 0 Å². The molecule has 2 aliphatic heterocycles. The van der Waals surface area contributed by atoms with Gasteiger partial charge in [-0.3, -0.25) is 9.69 Å². The van der Waals surface area contributed by atoms with Gasteiger partial charge in [-0.15, -0.1) is 0 Å². The number of amides is 1. The normalized spacial score (nSPS) is 18.1. The molecule has 0 unspecified atom stereocenters. The van der Waals surface area contributed by atoms with Gasteiger partial charge in [0.05, 0.1) is 13.2 Å². The largest absolute Gasteiger partial charge is 0.379 e. The minimum absolute atomic E-state index is 0.147. The van der Waals surface area contributed by atoms with Crippen molar-refractivity contribution in [3.8, 4) is 6.07 Å². The Hall–Kier alpha value is -2.36. The van der Waals surface area contributed by atoms with Gasteiger partial charge in [-0.2, -0.15) is 5.26 Å². The Morgan fingerprint density at radius 3 is 2.88 bits per heavy atom. The van der Waals surface area contributed by atoms with E-state index in [4.69, 9.17) is 4.74 Å². The summed E-state index contributed by atoms with van der Waals surface area (Å²) in [5, 5.41) is 12.2. The molecule has 0 atom stereocenters. The second-order valence-corrected chi connectivity index (χ2v) is 5.94. The maximum atomic E-state index is 12.2. The molecule has 126 valence electrons. The molecule has 0 radical (unpaired) electrons. The van der Waals surface area contributed by atoms with Crippen molar-refractivity contribution in [1.82, 2.24) is 10.2 Å². The van der Waals surface area contributed by atoms with Crippen LogP contribution in [0.15, 0.2) is 36.0 Å². The van der Waals surface area contributed by atoms with Crippen molar-refractivity contribution in [2.45, 2.75) is 6.42 Å². The highest BCUT2D eigenvalue weighted by molar-refractivity contribution is 5.97. The fourth-order valence-electron chi connectivity index (χ4n) is 3.04. The van der Waals surface area contributed by atoms with Gasteiger partial charge < -0.3 is 15.0 Å². The SMILES string of the molecule is N#C/C(=C/N1CCc2ccccc21)C(=O)NCCN1CCOCC1. The smallest absolute Gasteiger partial charge is 0.263 e. The Morgan fingerprint density at radius 1 is 1.29 bits per heavy atom. The van der Waals surface area contributed by atoms with Gasteiger partial charge in [0.2, 0.25) is 0 Å². The summed E-state index contributed by atoms with van der Waals surface area (Å²) in [4.78, 5) is 16.5. The molecule has 6 heteroatoms. The zero-order valence-corrected chi connectivity index (χ0v) is 13.7. The van der Waals surface area contributed by atoms with Gasteiger partial charge >= 0.3 is 0 Å². The van der Waals surface area contributed by atoms with Crippen LogP contribution in [-0.4, -0.2) is 56.7 Å². The van der Waals surface area contributed by atoms with Gasteiger partial charge in [-0.25, -0.2) is 0 Å². The molecular formula is C18H22N4O2. The van der Waals surface area contributed by atoms with Gasteiger partial charge in [0.25, 0.3) is 5.91 Å². The molecule has 1 fully saturated rings. The number of fused-ring (bicyclic) bond motifs is 1. The van der Waals surface area contributed by atoms with Crippen LogP contribution in [0.5, 0.6) is 0 Å². The van der Waals surface area contributed by atoms with E-state index in [2.05, 4.69) is 16.3 Å². The van der Waals surface area contributed by atoms with E-state index < -0.39 is 0 Å². The highest BCUT2D eigenvalue weighted by Crippen LogP contribution is 2.27. The first kappa shape index (κ1) is 16.5. The van der Waals surface area contributed by atoms with Gasteiger partial charge in [-0.1, -0.05) is 18.2 Å². The molecule has 3 rings (SSSR count).